The van der Waals surface area contributed by atoms with Crippen LogP contribution >= 0.6 is 0 Å². The third-order valence-electron chi connectivity index (χ3n) is 2.96. The highest BCUT2D eigenvalue weighted by atomic mass is 16.5. The quantitative estimate of drug-likeness (QED) is 0.875. The van der Waals surface area contributed by atoms with Gasteiger partial charge in [0.05, 0.1) is 0 Å². The number of amides is 1. The van der Waals surface area contributed by atoms with Crippen molar-refractivity contribution in [3.8, 4) is 11.4 Å². The Morgan fingerprint density at radius 2 is 2.10 bits per heavy atom. The molecule has 0 radical (unpaired) electrons. The molecule has 0 aliphatic rings. The van der Waals surface area contributed by atoms with E-state index < -0.39 is 6.10 Å². The van der Waals surface area contributed by atoms with Gasteiger partial charge in [0.25, 0.3) is 5.91 Å². The van der Waals surface area contributed by atoms with E-state index in [9.17, 15) is 4.79 Å². The average Bonchev–Trinajstić information content (AvgIpc) is 2.87. The number of H-pyrrole nitrogens is 1. The van der Waals surface area contributed by atoms with E-state index in [4.69, 9.17) is 4.74 Å². The van der Waals surface area contributed by atoms with Gasteiger partial charge in [-0.2, -0.15) is 5.10 Å². The molecule has 0 saturated heterocycles. The fourth-order valence-electron chi connectivity index (χ4n) is 1.86. The summed E-state index contributed by atoms with van der Waals surface area (Å²) in [7, 11) is 1.53. The smallest absolute Gasteiger partial charge is 0.253 e. The second-order valence-corrected chi connectivity index (χ2v) is 4.44. The van der Waals surface area contributed by atoms with E-state index in [-0.39, 0.29) is 5.91 Å². The molecule has 0 aliphatic heterocycles. The first-order valence-electron chi connectivity index (χ1n) is 6.47. The minimum Gasteiger partial charge on any atom is -0.372 e. The first kappa shape index (κ1) is 14.2. The third kappa shape index (κ3) is 3.21. The summed E-state index contributed by atoms with van der Waals surface area (Å²) in [4.78, 5) is 16.1. The fourth-order valence-corrected chi connectivity index (χ4v) is 1.86. The van der Waals surface area contributed by atoms with Crippen molar-refractivity contribution in [3.63, 3.8) is 0 Å². The van der Waals surface area contributed by atoms with Crippen LogP contribution in [0.1, 0.15) is 19.2 Å². The van der Waals surface area contributed by atoms with Gasteiger partial charge < -0.3 is 10.1 Å². The summed E-state index contributed by atoms with van der Waals surface area (Å²) < 4.78 is 5.09. The molecule has 0 aliphatic carbocycles. The van der Waals surface area contributed by atoms with Gasteiger partial charge in [0.1, 0.15) is 11.9 Å². The van der Waals surface area contributed by atoms with Gasteiger partial charge in [0, 0.05) is 18.4 Å². The second-order valence-electron chi connectivity index (χ2n) is 4.44. The number of aryl methyl sites for hydroxylation is 1. The second kappa shape index (κ2) is 6.29. The first-order chi connectivity index (χ1) is 9.63. The average molecular weight is 274 g/mol. The van der Waals surface area contributed by atoms with Crippen molar-refractivity contribution >= 4 is 11.6 Å². The number of benzene rings is 1. The Hall–Kier alpha value is -2.21. The zero-order valence-electron chi connectivity index (χ0n) is 11.8. The summed E-state index contributed by atoms with van der Waals surface area (Å²) >= 11 is 0. The number of hydrogen-bond acceptors (Lipinski definition) is 4. The molecule has 6 heteroatoms. The lowest BCUT2D eigenvalue weighted by Crippen LogP contribution is -2.28. The molecule has 0 fully saturated rings. The number of carbonyl (C=O) groups is 1. The van der Waals surface area contributed by atoms with Crippen molar-refractivity contribution in [2.45, 2.75) is 26.4 Å². The van der Waals surface area contributed by atoms with Crippen LogP contribution in [-0.2, 0) is 9.53 Å². The molecule has 1 unspecified atom stereocenters. The zero-order valence-corrected chi connectivity index (χ0v) is 11.8. The summed E-state index contributed by atoms with van der Waals surface area (Å²) in [6.07, 6.45) is 0.210. The van der Waals surface area contributed by atoms with E-state index in [0.717, 1.165) is 17.1 Å². The Kier molecular flexibility index (Phi) is 4.47. The maximum Gasteiger partial charge on any atom is 0.253 e. The van der Waals surface area contributed by atoms with Crippen molar-refractivity contribution in [2.24, 2.45) is 0 Å². The molecule has 1 amide bonds. The van der Waals surface area contributed by atoms with Crippen LogP contribution < -0.4 is 5.32 Å². The van der Waals surface area contributed by atoms with Crippen LogP contribution in [0.5, 0.6) is 0 Å². The molecular weight excluding hydrogens is 256 g/mol. The summed E-state index contributed by atoms with van der Waals surface area (Å²) in [6.45, 7) is 3.75. The lowest BCUT2D eigenvalue weighted by atomic mass is 10.2. The molecule has 0 bridgehead atoms. The highest BCUT2D eigenvalue weighted by molar-refractivity contribution is 5.94. The number of nitrogens with zero attached hydrogens (tertiary/aromatic N) is 2. The maximum atomic E-state index is 11.9. The molecule has 2 aromatic rings. The van der Waals surface area contributed by atoms with Gasteiger partial charge in [-0.15, -0.1) is 0 Å². The maximum absolute atomic E-state index is 11.9. The highest BCUT2D eigenvalue weighted by Gasteiger charge is 2.15. The Labute approximate surface area is 117 Å². The number of carbonyl (C=O) groups excluding carboxylic acids is 1. The number of anilines is 1. The molecular formula is C14H18N4O2. The Morgan fingerprint density at radius 1 is 1.40 bits per heavy atom. The molecule has 0 spiro atoms. The number of aromatic amines is 1. The number of hydrogen-bond donors (Lipinski definition) is 2. The zero-order chi connectivity index (χ0) is 14.5. The van der Waals surface area contributed by atoms with Crippen LogP contribution in [0.15, 0.2) is 24.3 Å². The van der Waals surface area contributed by atoms with Gasteiger partial charge in [-0.1, -0.05) is 6.92 Å². The molecule has 106 valence electrons. The summed E-state index contributed by atoms with van der Waals surface area (Å²) in [6, 6.07) is 7.38. The normalized spacial score (nSPS) is 12.2. The molecule has 2 rings (SSSR count). The van der Waals surface area contributed by atoms with Gasteiger partial charge >= 0.3 is 0 Å². The number of methoxy groups -OCH3 is 1. The highest BCUT2D eigenvalue weighted by Crippen LogP contribution is 2.18. The van der Waals surface area contributed by atoms with Gasteiger partial charge in [0.15, 0.2) is 5.82 Å². The number of aromatic nitrogens is 3. The van der Waals surface area contributed by atoms with Crippen LogP contribution in [-0.4, -0.2) is 34.3 Å². The lowest BCUT2D eigenvalue weighted by molar-refractivity contribution is -0.125. The van der Waals surface area contributed by atoms with Gasteiger partial charge in [-0.3, -0.25) is 9.89 Å². The van der Waals surface area contributed by atoms with Gasteiger partial charge in [0.2, 0.25) is 0 Å². The monoisotopic (exact) mass is 274 g/mol. The number of ether oxygens (including phenoxy) is 1. The van der Waals surface area contributed by atoms with E-state index in [1.165, 1.54) is 7.11 Å². The first-order valence-corrected chi connectivity index (χ1v) is 6.47. The van der Waals surface area contributed by atoms with Crippen LogP contribution in [0.25, 0.3) is 11.4 Å². The van der Waals surface area contributed by atoms with Crippen LogP contribution in [0.2, 0.25) is 0 Å². The summed E-state index contributed by atoms with van der Waals surface area (Å²) in [5.41, 5.74) is 1.62. The minimum absolute atomic E-state index is 0.142. The molecule has 6 nitrogen and oxygen atoms in total. The molecule has 2 N–H and O–H groups in total. The third-order valence-corrected chi connectivity index (χ3v) is 2.96. The molecule has 1 aromatic carbocycles. The minimum atomic E-state index is -0.426. The SMILES string of the molecule is CCC(OC)C(=O)Nc1ccc(-c2n[nH]c(C)n2)cc1. The molecule has 1 aromatic heterocycles. The standard InChI is InChI=1S/C14H18N4O2/c1-4-12(20-3)14(19)16-11-7-5-10(6-8-11)13-15-9(2)17-18-13/h5-8,12H,4H2,1-3H3,(H,16,19)(H,15,17,18). The summed E-state index contributed by atoms with van der Waals surface area (Å²) in [5, 5.41) is 9.70. The van der Waals surface area contributed by atoms with Crippen molar-refractivity contribution in [1.82, 2.24) is 15.2 Å². The van der Waals surface area contributed by atoms with Crippen LogP contribution in [0, 0.1) is 6.92 Å². The Balaban J connectivity index is 2.07. The number of rotatable bonds is 5. The predicted octanol–water partition coefficient (Wildman–Crippen LogP) is 2.14. The number of nitrogens with one attached hydrogen (secondary N) is 2. The van der Waals surface area contributed by atoms with Crippen molar-refractivity contribution < 1.29 is 9.53 Å². The largest absolute Gasteiger partial charge is 0.372 e. The van der Waals surface area contributed by atoms with Crippen LogP contribution in [0.3, 0.4) is 0 Å². The van der Waals surface area contributed by atoms with Crippen molar-refractivity contribution in [2.75, 3.05) is 12.4 Å². The molecule has 0 saturated carbocycles. The van der Waals surface area contributed by atoms with Gasteiger partial charge in [-0.05, 0) is 37.6 Å². The van der Waals surface area contributed by atoms with Gasteiger partial charge in [-0.25, -0.2) is 4.98 Å². The predicted molar refractivity (Wildman–Crippen MR) is 76.3 cm³/mol. The van der Waals surface area contributed by atoms with E-state index in [2.05, 4.69) is 20.5 Å². The van der Waals surface area contributed by atoms with E-state index in [1.54, 1.807) is 0 Å². The summed E-state index contributed by atoms with van der Waals surface area (Å²) in [5.74, 6) is 1.27. The molecule has 20 heavy (non-hydrogen) atoms. The van der Waals surface area contributed by atoms with E-state index in [1.807, 2.05) is 38.1 Å². The fraction of sp³-hybridized carbons (Fsp3) is 0.357. The topological polar surface area (TPSA) is 79.9 Å². The van der Waals surface area contributed by atoms with Crippen molar-refractivity contribution in [1.29, 1.82) is 0 Å². The van der Waals surface area contributed by atoms with E-state index >= 15 is 0 Å². The molecule has 1 atom stereocenters. The van der Waals surface area contributed by atoms with E-state index in [0.29, 0.717) is 12.2 Å². The van der Waals surface area contributed by atoms with Crippen molar-refractivity contribution in [3.05, 3.63) is 30.1 Å². The molecule has 1 heterocycles. The Bertz CT molecular complexity index is 573. The lowest BCUT2D eigenvalue weighted by Gasteiger charge is -2.13. The van der Waals surface area contributed by atoms with Crippen LogP contribution in [0.4, 0.5) is 5.69 Å². The Morgan fingerprint density at radius 3 is 2.60 bits per heavy atom.